The second-order valence-electron chi connectivity index (χ2n) is 6.88. The maximum atomic E-state index is 13.9. The molecule has 120 valence electrons. The van der Waals surface area contributed by atoms with E-state index in [1.165, 1.54) is 13.3 Å². The Kier molecular flexibility index (Phi) is 4.31. The molecule has 2 unspecified atom stereocenters. The van der Waals surface area contributed by atoms with Gasteiger partial charge in [0.05, 0.1) is 0 Å². The van der Waals surface area contributed by atoms with Gasteiger partial charge in [-0.2, -0.15) is 0 Å². The molecule has 0 amide bonds. The van der Waals surface area contributed by atoms with Gasteiger partial charge in [0.25, 0.3) is 0 Å². The molecule has 0 radical (unpaired) electrons. The Bertz CT molecular complexity index is 573. The Hall–Kier alpha value is -1.29. The number of hydrogen-bond acceptors (Lipinski definition) is 2. The quantitative estimate of drug-likeness (QED) is 0.849. The Morgan fingerprint density at radius 2 is 1.82 bits per heavy atom. The van der Waals surface area contributed by atoms with E-state index in [-0.39, 0.29) is 29.2 Å². The number of carbonyl (C=O) groups excluding carboxylic acids is 1. The fraction of sp³-hybridized carbons (Fsp3) is 0.611. The molecule has 2 heterocycles. The van der Waals surface area contributed by atoms with E-state index in [4.69, 9.17) is 0 Å². The van der Waals surface area contributed by atoms with Gasteiger partial charge >= 0.3 is 0 Å². The maximum Gasteiger partial charge on any atom is 0.162 e. The van der Waals surface area contributed by atoms with Crippen LogP contribution >= 0.6 is 0 Å². The van der Waals surface area contributed by atoms with Crippen molar-refractivity contribution in [2.75, 3.05) is 7.05 Å². The number of benzene rings is 1. The maximum absolute atomic E-state index is 13.9. The molecule has 2 saturated heterocycles. The second kappa shape index (κ2) is 6.07. The molecule has 0 N–H and O–H groups in total. The van der Waals surface area contributed by atoms with E-state index < -0.39 is 11.6 Å². The molecule has 0 aromatic heterocycles. The van der Waals surface area contributed by atoms with Crippen LogP contribution in [0.4, 0.5) is 8.78 Å². The molecule has 4 heteroatoms. The molecule has 1 aromatic carbocycles. The number of fused-ring (bicyclic) bond motifs is 2. The lowest BCUT2D eigenvalue weighted by Crippen LogP contribution is -2.51. The van der Waals surface area contributed by atoms with Crippen molar-refractivity contribution in [3.63, 3.8) is 0 Å². The first-order chi connectivity index (χ1) is 10.5. The van der Waals surface area contributed by atoms with Crippen LogP contribution in [0.2, 0.25) is 0 Å². The van der Waals surface area contributed by atoms with Crippen molar-refractivity contribution in [1.29, 1.82) is 0 Å². The Morgan fingerprint density at radius 3 is 2.45 bits per heavy atom. The molecular formula is C18H23F2NO. The highest BCUT2D eigenvalue weighted by Crippen LogP contribution is 2.36. The van der Waals surface area contributed by atoms with Crippen LogP contribution in [0.25, 0.3) is 0 Å². The minimum atomic E-state index is -0.860. The number of rotatable bonds is 3. The van der Waals surface area contributed by atoms with Crippen LogP contribution in [0, 0.1) is 24.5 Å². The van der Waals surface area contributed by atoms with Crippen molar-refractivity contribution in [2.24, 2.45) is 5.92 Å². The lowest BCUT2D eigenvalue weighted by Gasteiger charge is -2.46. The van der Waals surface area contributed by atoms with Crippen LogP contribution in [0.3, 0.4) is 0 Å². The summed E-state index contributed by atoms with van der Waals surface area (Å²) in [7, 11) is 2.14. The average molecular weight is 307 g/mol. The van der Waals surface area contributed by atoms with Crippen LogP contribution in [-0.4, -0.2) is 29.8 Å². The summed E-state index contributed by atoms with van der Waals surface area (Å²) in [5, 5.41) is 0. The second-order valence-corrected chi connectivity index (χ2v) is 6.88. The molecule has 2 bridgehead atoms. The number of nitrogens with zero attached hydrogens (tertiary/aromatic N) is 1. The minimum absolute atomic E-state index is 0.00438. The van der Waals surface area contributed by atoms with Gasteiger partial charge in [-0.3, -0.25) is 4.79 Å². The van der Waals surface area contributed by atoms with Crippen LogP contribution in [0.1, 0.15) is 43.2 Å². The van der Waals surface area contributed by atoms with Gasteiger partial charge in [-0.15, -0.1) is 0 Å². The smallest absolute Gasteiger partial charge is 0.162 e. The third-order valence-electron chi connectivity index (χ3n) is 5.52. The van der Waals surface area contributed by atoms with Crippen molar-refractivity contribution >= 4 is 5.78 Å². The molecule has 0 saturated carbocycles. The summed E-state index contributed by atoms with van der Waals surface area (Å²) < 4.78 is 27.6. The van der Waals surface area contributed by atoms with E-state index in [0.29, 0.717) is 12.1 Å². The summed E-state index contributed by atoms with van der Waals surface area (Å²) in [5.74, 6) is -1.63. The monoisotopic (exact) mass is 307 g/mol. The lowest BCUT2D eigenvalue weighted by atomic mass is 9.76. The van der Waals surface area contributed by atoms with Crippen molar-refractivity contribution < 1.29 is 13.6 Å². The van der Waals surface area contributed by atoms with E-state index in [1.807, 2.05) is 0 Å². The van der Waals surface area contributed by atoms with Crippen LogP contribution in [0.15, 0.2) is 12.1 Å². The van der Waals surface area contributed by atoms with Gasteiger partial charge in [0, 0.05) is 24.4 Å². The highest BCUT2D eigenvalue weighted by atomic mass is 19.2. The lowest BCUT2D eigenvalue weighted by molar-refractivity contribution is -0.126. The van der Waals surface area contributed by atoms with E-state index in [2.05, 4.69) is 11.9 Å². The predicted octanol–water partition coefficient (Wildman–Crippen LogP) is 3.65. The first kappa shape index (κ1) is 15.6. The van der Waals surface area contributed by atoms with E-state index >= 15 is 0 Å². The summed E-state index contributed by atoms with van der Waals surface area (Å²) in [6, 6.07) is 4.04. The first-order valence-corrected chi connectivity index (χ1v) is 8.15. The van der Waals surface area contributed by atoms with Crippen LogP contribution < -0.4 is 0 Å². The molecule has 3 rings (SSSR count). The van der Waals surface area contributed by atoms with E-state index in [0.717, 1.165) is 25.7 Å². The van der Waals surface area contributed by atoms with Gasteiger partial charge in [-0.1, -0.05) is 18.6 Å². The van der Waals surface area contributed by atoms with Crippen molar-refractivity contribution in [3.05, 3.63) is 34.9 Å². The minimum Gasteiger partial charge on any atom is -0.300 e. The molecule has 1 aromatic rings. The molecule has 2 aliphatic heterocycles. The van der Waals surface area contributed by atoms with Gasteiger partial charge in [0.2, 0.25) is 0 Å². The highest BCUT2D eigenvalue weighted by molar-refractivity contribution is 5.83. The van der Waals surface area contributed by atoms with E-state index in [1.54, 1.807) is 12.1 Å². The largest absolute Gasteiger partial charge is 0.300 e. The Balaban J connectivity index is 1.72. The zero-order valence-corrected chi connectivity index (χ0v) is 13.2. The third kappa shape index (κ3) is 2.81. The number of carbonyl (C=O) groups is 1. The van der Waals surface area contributed by atoms with Crippen molar-refractivity contribution in [2.45, 2.75) is 57.5 Å². The summed E-state index contributed by atoms with van der Waals surface area (Å²) in [5.41, 5.74) is 0.472. The zero-order valence-electron chi connectivity index (χ0n) is 13.2. The number of piperidine rings is 2. The number of ketones is 1. The molecule has 22 heavy (non-hydrogen) atoms. The fourth-order valence-corrected chi connectivity index (χ4v) is 4.03. The van der Waals surface area contributed by atoms with E-state index in [9.17, 15) is 13.6 Å². The normalized spacial score (nSPS) is 28.6. The molecule has 0 spiro atoms. The van der Waals surface area contributed by atoms with Crippen molar-refractivity contribution in [3.8, 4) is 0 Å². The van der Waals surface area contributed by atoms with Crippen LogP contribution in [0.5, 0.6) is 0 Å². The van der Waals surface area contributed by atoms with Gasteiger partial charge < -0.3 is 4.90 Å². The topological polar surface area (TPSA) is 20.3 Å². The predicted molar refractivity (Wildman–Crippen MR) is 81.7 cm³/mol. The Morgan fingerprint density at radius 1 is 1.18 bits per heavy atom. The number of aryl methyl sites for hydroxylation is 1. The number of hydrogen-bond donors (Lipinski definition) is 0. The number of Topliss-reactive ketones (excluding diaryl/α,β-unsaturated/α-hetero) is 1. The van der Waals surface area contributed by atoms with Gasteiger partial charge in [-0.25, -0.2) is 8.78 Å². The van der Waals surface area contributed by atoms with Gasteiger partial charge in [0.15, 0.2) is 11.6 Å². The SMILES string of the molecule is Cc1ccc(CC(=O)C2CC3CCCC(C2)N3C)c(F)c1F. The molecule has 2 fully saturated rings. The third-order valence-corrected chi connectivity index (χ3v) is 5.52. The molecule has 2 aliphatic rings. The zero-order chi connectivity index (χ0) is 15.9. The summed E-state index contributed by atoms with van der Waals surface area (Å²) in [6.45, 7) is 1.53. The molecular weight excluding hydrogens is 284 g/mol. The summed E-state index contributed by atoms with van der Waals surface area (Å²) in [4.78, 5) is 14.9. The molecule has 2 nitrogen and oxygen atoms in total. The summed E-state index contributed by atoms with van der Waals surface area (Å²) >= 11 is 0. The molecule has 0 aliphatic carbocycles. The number of halogens is 2. The standard InChI is InChI=1S/C18H23F2NO/c1-11-6-7-12(18(20)17(11)19)10-16(22)13-8-14-4-3-5-15(9-13)21(14)2/h6-7,13-15H,3-5,8-10H2,1-2H3. The van der Waals surface area contributed by atoms with Crippen molar-refractivity contribution in [1.82, 2.24) is 4.90 Å². The average Bonchev–Trinajstić information content (AvgIpc) is 2.47. The van der Waals surface area contributed by atoms with Gasteiger partial charge in [-0.05, 0) is 50.8 Å². The molecule has 2 atom stereocenters. The van der Waals surface area contributed by atoms with Gasteiger partial charge in [0.1, 0.15) is 5.78 Å². The summed E-state index contributed by atoms with van der Waals surface area (Å²) in [6.07, 6.45) is 5.26. The van der Waals surface area contributed by atoms with Crippen LogP contribution in [-0.2, 0) is 11.2 Å². The fourth-order valence-electron chi connectivity index (χ4n) is 4.03. The Labute approximate surface area is 130 Å². The first-order valence-electron chi connectivity index (χ1n) is 8.15. The highest BCUT2D eigenvalue weighted by Gasteiger charge is 2.38.